The van der Waals surface area contributed by atoms with Crippen molar-refractivity contribution in [2.45, 2.75) is 94.9 Å². The van der Waals surface area contributed by atoms with Crippen LogP contribution in [0, 0.1) is 0 Å². The summed E-state index contributed by atoms with van der Waals surface area (Å²) in [5.74, 6) is -0.553. The summed E-state index contributed by atoms with van der Waals surface area (Å²) in [6.45, 7) is 8.23. The summed E-state index contributed by atoms with van der Waals surface area (Å²) >= 11 is 0. The van der Waals surface area contributed by atoms with Gasteiger partial charge in [0.25, 0.3) is 20.2 Å². The third kappa shape index (κ3) is 8.29. The van der Waals surface area contributed by atoms with E-state index in [1.54, 1.807) is 13.0 Å². The Hall–Kier alpha value is -1.05. The zero-order chi connectivity index (χ0) is 25.1. The fraction of sp³-hybridized carbons (Fsp3) is 0.857. The van der Waals surface area contributed by atoms with Crippen molar-refractivity contribution >= 4 is 26.2 Å². The topological polar surface area (TPSA) is 132 Å². The van der Waals surface area contributed by atoms with E-state index >= 15 is 0 Å². The van der Waals surface area contributed by atoms with Crippen LogP contribution < -0.4 is 0 Å². The summed E-state index contributed by atoms with van der Waals surface area (Å²) < 4.78 is 75.5. The van der Waals surface area contributed by atoms with E-state index in [1.165, 1.54) is 6.92 Å². The minimum atomic E-state index is -3.83. The normalized spacial score (nSPS) is 32.4. The van der Waals surface area contributed by atoms with Crippen molar-refractivity contribution in [2.24, 2.45) is 0 Å². The maximum Gasteiger partial charge on any atom is 0.302 e. The van der Waals surface area contributed by atoms with E-state index < -0.39 is 49.6 Å². The zero-order valence-electron chi connectivity index (χ0n) is 19.9. The van der Waals surface area contributed by atoms with Gasteiger partial charge in [0.1, 0.15) is 18.8 Å². The Balaban J connectivity index is 2.17. The lowest BCUT2D eigenvalue weighted by Gasteiger charge is -2.52. The molecule has 2 heterocycles. The molecule has 2 aliphatic rings. The molecule has 192 valence electrons. The molecule has 0 saturated carbocycles. The molecule has 0 aromatic rings. The molecular formula is C21H36O10S2. The number of rotatable bonds is 11. The molecule has 0 spiro atoms. The van der Waals surface area contributed by atoms with Gasteiger partial charge >= 0.3 is 5.97 Å². The Labute approximate surface area is 197 Å². The van der Waals surface area contributed by atoms with Crippen molar-refractivity contribution in [3.8, 4) is 0 Å². The predicted octanol–water partition coefficient (Wildman–Crippen LogP) is 2.08. The van der Waals surface area contributed by atoms with E-state index in [-0.39, 0.29) is 18.8 Å². The number of carbonyl (C=O) groups excluding carboxylic acids is 1. The highest BCUT2D eigenvalue weighted by molar-refractivity contribution is 7.86. The average Bonchev–Trinajstić information content (AvgIpc) is 2.67. The first-order valence-electron chi connectivity index (χ1n) is 10.9. The standard InChI is InChI=1S/C21H36O10S2/c1-7-8-9-18(30-32(5,23)24)20(3)12-10-17-16(28-20)11-13-21(4,29-17)19(14-27-15(2)22)31-33(6,25)26/h7,16-19H,1,8-14H2,2-6H3/t16-,17+,18-,19+,20+,21-/m0/s1. The molecular weight excluding hydrogens is 476 g/mol. The van der Waals surface area contributed by atoms with Crippen LogP contribution in [0.25, 0.3) is 0 Å². The van der Waals surface area contributed by atoms with Crippen molar-refractivity contribution in [1.82, 2.24) is 0 Å². The van der Waals surface area contributed by atoms with Gasteiger partial charge in [-0.15, -0.1) is 6.58 Å². The van der Waals surface area contributed by atoms with Crippen LogP contribution in [-0.2, 0) is 47.6 Å². The zero-order valence-corrected chi connectivity index (χ0v) is 21.6. The highest BCUT2D eigenvalue weighted by atomic mass is 32.2. The van der Waals surface area contributed by atoms with Crippen molar-refractivity contribution in [3.05, 3.63) is 12.7 Å². The average molecular weight is 513 g/mol. The fourth-order valence-corrected chi connectivity index (χ4v) is 5.83. The van der Waals surface area contributed by atoms with Crippen LogP contribution in [0.3, 0.4) is 0 Å². The maximum atomic E-state index is 11.8. The van der Waals surface area contributed by atoms with Gasteiger partial charge in [-0.1, -0.05) is 6.08 Å². The van der Waals surface area contributed by atoms with E-state index in [0.717, 1.165) is 12.5 Å². The summed E-state index contributed by atoms with van der Waals surface area (Å²) in [5.41, 5.74) is -1.87. The van der Waals surface area contributed by atoms with Crippen LogP contribution in [0.15, 0.2) is 12.7 Å². The van der Waals surface area contributed by atoms with Gasteiger partial charge in [-0.25, -0.2) is 0 Å². The third-order valence-electron chi connectivity index (χ3n) is 6.12. The molecule has 0 aliphatic carbocycles. The molecule has 0 aromatic carbocycles. The summed E-state index contributed by atoms with van der Waals surface area (Å²) in [5, 5.41) is 0. The summed E-state index contributed by atoms with van der Waals surface area (Å²) in [7, 11) is -7.52. The third-order valence-corrected chi connectivity index (χ3v) is 7.29. The molecule has 0 amide bonds. The second-order valence-corrected chi connectivity index (χ2v) is 12.5. The molecule has 12 heteroatoms. The Bertz CT molecular complexity index is 915. The minimum Gasteiger partial charge on any atom is -0.463 e. The smallest absolute Gasteiger partial charge is 0.302 e. The van der Waals surface area contributed by atoms with Gasteiger partial charge in [-0.3, -0.25) is 13.2 Å². The van der Waals surface area contributed by atoms with Crippen LogP contribution in [0.5, 0.6) is 0 Å². The summed E-state index contributed by atoms with van der Waals surface area (Å²) in [6.07, 6.45) is 4.21. The highest BCUT2D eigenvalue weighted by Crippen LogP contribution is 2.44. The number of hydrogen-bond acceptors (Lipinski definition) is 10. The van der Waals surface area contributed by atoms with Crippen LogP contribution in [0.1, 0.15) is 59.3 Å². The van der Waals surface area contributed by atoms with Gasteiger partial charge in [0.2, 0.25) is 0 Å². The summed E-state index contributed by atoms with van der Waals surface area (Å²) in [4.78, 5) is 11.3. The first kappa shape index (κ1) is 28.2. The Morgan fingerprint density at radius 1 is 1.00 bits per heavy atom. The maximum absolute atomic E-state index is 11.8. The molecule has 2 fully saturated rings. The molecule has 6 atom stereocenters. The van der Waals surface area contributed by atoms with E-state index in [2.05, 4.69) is 6.58 Å². The Kier molecular flexibility index (Phi) is 9.14. The van der Waals surface area contributed by atoms with E-state index in [9.17, 15) is 21.6 Å². The van der Waals surface area contributed by atoms with Gasteiger partial charge in [0, 0.05) is 6.92 Å². The number of carbonyl (C=O) groups is 1. The molecule has 0 N–H and O–H groups in total. The number of fused-ring (bicyclic) bond motifs is 1. The van der Waals surface area contributed by atoms with Crippen LogP contribution in [-0.4, -0.2) is 77.5 Å². The fourth-order valence-electron chi connectivity index (χ4n) is 4.43. The molecule has 0 radical (unpaired) electrons. The molecule has 2 aliphatic heterocycles. The van der Waals surface area contributed by atoms with Crippen molar-refractivity contribution in [1.29, 1.82) is 0 Å². The first-order valence-corrected chi connectivity index (χ1v) is 14.6. The molecule has 0 aromatic heterocycles. The lowest BCUT2D eigenvalue weighted by atomic mass is 9.80. The largest absolute Gasteiger partial charge is 0.463 e. The van der Waals surface area contributed by atoms with Crippen LogP contribution >= 0.6 is 0 Å². The van der Waals surface area contributed by atoms with E-state index in [0.29, 0.717) is 38.5 Å². The van der Waals surface area contributed by atoms with Gasteiger partial charge in [-0.2, -0.15) is 16.8 Å². The number of ether oxygens (including phenoxy) is 3. The number of esters is 1. The van der Waals surface area contributed by atoms with Crippen LogP contribution in [0.2, 0.25) is 0 Å². The number of allylic oxidation sites excluding steroid dienone is 1. The molecule has 0 unspecified atom stereocenters. The monoisotopic (exact) mass is 512 g/mol. The molecule has 33 heavy (non-hydrogen) atoms. The minimum absolute atomic E-state index is 0.263. The lowest BCUT2D eigenvalue weighted by molar-refractivity contribution is -0.273. The van der Waals surface area contributed by atoms with Gasteiger partial charge in [0.15, 0.2) is 0 Å². The highest BCUT2D eigenvalue weighted by Gasteiger charge is 2.52. The van der Waals surface area contributed by atoms with Crippen molar-refractivity contribution < 1.29 is 44.2 Å². The Morgan fingerprint density at radius 3 is 1.88 bits per heavy atom. The van der Waals surface area contributed by atoms with Crippen molar-refractivity contribution in [2.75, 3.05) is 19.1 Å². The summed E-state index contributed by atoms with van der Waals surface area (Å²) in [6, 6.07) is 0. The second kappa shape index (κ2) is 10.7. The Morgan fingerprint density at radius 2 is 1.45 bits per heavy atom. The molecule has 2 saturated heterocycles. The molecule has 2 rings (SSSR count). The molecule has 10 nitrogen and oxygen atoms in total. The second-order valence-electron chi connectivity index (χ2n) is 9.26. The van der Waals surface area contributed by atoms with Crippen LogP contribution in [0.4, 0.5) is 0 Å². The van der Waals surface area contributed by atoms with Gasteiger partial charge in [0.05, 0.1) is 35.9 Å². The first-order chi connectivity index (χ1) is 15.1. The number of hydrogen-bond donors (Lipinski definition) is 0. The molecule has 0 bridgehead atoms. The van der Waals surface area contributed by atoms with Crippen molar-refractivity contribution in [3.63, 3.8) is 0 Å². The SMILES string of the molecule is C=CCC[C@H](OS(C)(=O)=O)[C@@]1(C)CC[C@H]2O[C@](C)([C@@H](COC(C)=O)OS(C)(=O)=O)CC[C@@H]2O1. The van der Waals surface area contributed by atoms with Gasteiger partial charge in [-0.05, 0) is 52.4 Å². The quantitative estimate of drug-likeness (QED) is 0.230. The van der Waals surface area contributed by atoms with E-state index in [1.807, 2.05) is 6.92 Å². The lowest BCUT2D eigenvalue weighted by Crippen LogP contribution is -2.60. The van der Waals surface area contributed by atoms with E-state index in [4.69, 9.17) is 22.6 Å². The van der Waals surface area contributed by atoms with Gasteiger partial charge < -0.3 is 14.2 Å². The predicted molar refractivity (Wildman–Crippen MR) is 121 cm³/mol.